The number of nitrogens with zero attached hydrogens (tertiary/aromatic N) is 1. The molecular weight excluding hydrogens is 282 g/mol. The Hall–Kier alpha value is -1.53. The number of ether oxygens (including phenoxy) is 1. The third kappa shape index (κ3) is 3.71. The van der Waals surface area contributed by atoms with Crippen molar-refractivity contribution < 1.29 is 14.3 Å². The molecule has 0 N–H and O–H groups in total. The zero-order valence-electron chi connectivity index (χ0n) is 10.4. The fourth-order valence-electron chi connectivity index (χ4n) is 1.47. The van der Waals surface area contributed by atoms with Gasteiger partial charge in [0, 0.05) is 6.92 Å². The van der Waals surface area contributed by atoms with Crippen LogP contribution in [-0.2, 0) is 9.59 Å². The molecule has 1 aromatic carbocycles. The molecule has 0 fully saturated rings. The predicted octanol–water partition coefficient (Wildman–Crippen LogP) is 2.95. The summed E-state index contributed by atoms with van der Waals surface area (Å²) in [5.41, 5.74) is 1.18. The number of carbonyl (C=O) groups excluding carboxylic acids is 2. The Morgan fingerprint density at radius 3 is 2.89 bits per heavy atom. The van der Waals surface area contributed by atoms with E-state index in [1.807, 2.05) is 12.3 Å². The van der Waals surface area contributed by atoms with Crippen molar-refractivity contribution in [2.75, 3.05) is 6.26 Å². The SMILES string of the molecule is CSC1=NC(=Cc2cccc(OC(C)=O)c2)C(=O)S1. The first-order valence-electron chi connectivity index (χ1n) is 5.43. The van der Waals surface area contributed by atoms with E-state index >= 15 is 0 Å². The van der Waals surface area contributed by atoms with E-state index in [-0.39, 0.29) is 11.1 Å². The first-order valence-corrected chi connectivity index (χ1v) is 7.47. The summed E-state index contributed by atoms with van der Waals surface area (Å²) in [6, 6.07) is 6.96. The van der Waals surface area contributed by atoms with Gasteiger partial charge in [0.05, 0.1) is 0 Å². The maximum Gasteiger partial charge on any atom is 0.308 e. The van der Waals surface area contributed by atoms with Crippen molar-refractivity contribution in [3.8, 4) is 5.75 Å². The molecule has 98 valence electrons. The fraction of sp³-hybridized carbons (Fsp3) is 0.154. The Balaban J connectivity index is 2.25. The average molecular weight is 293 g/mol. The topological polar surface area (TPSA) is 55.7 Å². The third-order valence-electron chi connectivity index (χ3n) is 2.20. The zero-order chi connectivity index (χ0) is 13.8. The van der Waals surface area contributed by atoms with Crippen molar-refractivity contribution >= 4 is 45.1 Å². The molecule has 1 heterocycles. The van der Waals surface area contributed by atoms with Crippen molar-refractivity contribution in [3.05, 3.63) is 35.5 Å². The van der Waals surface area contributed by atoms with Crippen LogP contribution in [0.25, 0.3) is 6.08 Å². The Morgan fingerprint density at radius 2 is 2.26 bits per heavy atom. The molecule has 4 nitrogen and oxygen atoms in total. The molecule has 0 amide bonds. The van der Waals surface area contributed by atoms with Gasteiger partial charge in [0.1, 0.15) is 15.8 Å². The Bertz CT molecular complexity index is 593. The molecule has 1 aliphatic rings. The lowest BCUT2D eigenvalue weighted by Gasteiger charge is -2.01. The Kier molecular flexibility index (Phi) is 4.44. The summed E-state index contributed by atoms with van der Waals surface area (Å²) in [7, 11) is 0. The van der Waals surface area contributed by atoms with Gasteiger partial charge < -0.3 is 4.74 Å². The molecule has 2 rings (SSSR count). The second-order valence-corrected chi connectivity index (χ2v) is 5.68. The van der Waals surface area contributed by atoms with E-state index in [1.165, 1.54) is 18.7 Å². The van der Waals surface area contributed by atoms with Crippen molar-refractivity contribution in [1.29, 1.82) is 0 Å². The molecule has 0 atom stereocenters. The molecule has 1 aliphatic heterocycles. The van der Waals surface area contributed by atoms with Gasteiger partial charge >= 0.3 is 5.97 Å². The number of esters is 1. The summed E-state index contributed by atoms with van der Waals surface area (Å²) in [5, 5.41) is -0.0674. The molecule has 0 aromatic heterocycles. The van der Waals surface area contributed by atoms with Crippen LogP contribution >= 0.6 is 23.5 Å². The highest BCUT2D eigenvalue weighted by Crippen LogP contribution is 2.30. The molecule has 0 bridgehead atoms. The van der Waals surface area contributed by atoms with Crippen LogP contribution in [0.4, 0.5) is 0 Å². The predicted molar refractivity (Wildman–Crippen MR) is 79.3 cm³/mol. The van der Waals surface area contributed by atoms with Crippen LogP contribution in [0.5, 0.6) is 5.75 Å². The number of carbonyl (C=O) groups is 2. The van der Waals surface area contributed by atoms with E-state index in [0.717, 1.165) is 21.7 Å². The number of thioether (sulfide) groups is 2. The van der Waals surface area contributed by atoms with Gasteiger partial charge in [-0.05, 0) is 41.8 Å². The summed E-state index contributed by atoms with van der Waals surface area (Å²) in [5.74, 6) is 0.0778. The van der Waals surface area contributed by atoms with E-state index in [9.17, 15) is 9.59 Å². The summed E-state index contributed by atoms with van der Waals surface area (Å²) < 4.78 is 5.73. The molecule has 0 saturated heterocycles. The van der Waals surface area contributed by atoms with Crippen LogP contribution in [-0.4, -0.2) is 21.7 Å². The number of rotatable bonds is 2. The van der Waals surface area contributed by atoms with Crippen LogP contribution in [0.1, 0.15) is 12.5 Å². The summed E-state index contributed by atoms with van der Waals surface area (Å²) in [6.45, 7) is 1.34. The highest BCUT2D eigenvalue weighted by Gasteiger charge is 2.21. The normalized spacial score (nSPS) is 16.6. The fourth-order valence-corrected chi connectivity index (χ4v) is 2.73. The molecule has 0 aliphatic carbocycles. The largest absolute Gasteiger partial charge is 0.427 e. The van der Waals surface area contributed by atoms with E-state index in [1.54, 1.807) is 24.3 Å². The summed E-state index contributed by atoms with van der Waals surface area (Å²) >= 11 is 2.57. The highest BCUT2D eigenvalue weighted by molar-refractivity contribution is 8.45. The molecule has 0 unspecified atom stereocenters. The lowest BCUT2D eigenvalue weighted by molar-refractivity contribution is -0.131. The Labute approximate surface area is 119 Å². The highest BCUT2D eigenvalue weighted by atomic mass is 32.2. The molecule has 0 spiro atoms. The van der Waals surface area contributed by atoms with E-state index in [2.05, 4.69) is 4.99 Å². The molecule has 6 heteroatoms. The minimum absolute atomic E-state index is 0.0674. The summed E-state index contributed by atoms with van der Waals surface area (Å²) in [4.78, 5) is 26.8. The van der Waals surface area contributed by atoms with E-state index < -0.39 is 0 Å². The quantitative estimate of drug-likeness (QED) is 0.477. The van der Waals surface area contributed by atoms with Gasteiger partial charge in [0.15, 0.2) is 0 Å². The number of hydrogen-bond acceptors (Lipinski definition) is 6. The van der Waals surface area contributed by atoms with Gasteiger partial charge in [-0.15, -0.1) is 11.8 Å². The van der Waals surface area contributed by atoms with Crippen molar-refractivity contribution in [2.24, 2.45) is 4.99 Å². The van der Waals surface area contributed by atoms with Gasteiger partial charge in [-0.1, -0.05) is 12.1 Å². The van der Waals surface area contributed by atoms with E-state index in [4.69, 9.17) is 4.74 Å². The van der Waals surface area contributed by atoms with Gasteiger partial charge in [0.2, 0.25) is 5.12 Å². The molecule has 0 radical (unpaired) electrons. The van der Waals surface area contributed by atoms with Crippen molar-refractivity contribution in [2.45, 2.75) is 6.92 Å². The van der Waals surface area contributed by atoms with Gasteiger partial charge in [-0.3, -0.25) is 9.59 Å². The zero-order valence-corrected chi connectivity index (χ0v) is 12.0. The monoisotopic (exact) mass is 293 g/mol. The minimum atomic E-state index is -0.375. The lowest BCUT2D eigenvalue weighted by atomic mass is 10.2. The van der Waals surface area contributed by atoms with Gasteiger partial charge in [0.25, 0.3) is 0 Å². The minimum Gasteiger partial charge on any atom is -0.427 e. The van der Waals surface area contributed by atoms with E-state index in [0.29, 0.717) is 11.4 Å². The molecular formula is C13H11NO3S2. The number of benzene rings is 1. The lowest BCUT2D eigenvalue weighted by Crippen LogP contribution is -2.01. The Morgan fingerprint density at radius 1 is 1.47 bits per heavy atom. The van der Waals surface area contributed by atoms with Crippen LogP contribution in [0.2, 0.25) is 0 Å². The third-order valence-corrected chi connectivity index (χ3v) is 4.05. The van der Waals surface area contributed by atoms with Crippen LogP contribution in [0, 0.1) is 0 Å². The standard InChI is InChI=1S/C13H11NO3S2/c1-8(15)17-10-5-3-4-9(6-10)7-11-12(16)19-13(14-11)18-2/h3-7H,1-2H3. The maximum absolute atomic E-state index is 11.7. The molecule has 1 aromatic rings. The van der Waals surface area contributed by atoms with Crippen LogP contribution in [0.3, 0.4) is 0 Å². The van der Waals surface area contributed by atoms with Crippen molar-refractivity contribution in [3.63, 3.8) is 0 Å². The number of aliphatic imine (C=N–C) groups is 1. The average Bonchev–Trinajstić information content (AvgIpc) is 2.70. The van der Waals surface area contributed by atoms with Gasteiger partial charge in [-0.25, -0.2) is 4.99 Å². The smallest absolute Gasteiger partial charge is 0.308 e. The molecule has 0 saturated carbocycles. The van der Waals surface area contributed by atoms with Crippen LogP contribution in [0.15, 0.2) is 35.0 Å². The van der Waals surface area contributed by atoms with Gasteiger partial charge in [-0.2, -0.15) is 0 Å². The molecule has 19 heavy (non-hydrogen) atoms. The maximum atomic E-state index is 11.7. The summed E-state index contributed by atoms with van der Waals surface area (Å²) in [6.07, 6.45) is 3.56. The second kappa shape index (κ2) is 6.08. The number of hydrogen-bond donors (Lipinski definition) is 0. The van der Waals surface area contributed by atoms with Crippen molar-refractivity contribution in [1.82, 2.24) is 0 Å². The second-order valence-electron chi connectivity index (χ2n) is 3.67. The van der Waals surface area contributed by atoms with Crippen LogP contribution < -0.4 is 4.74 Å². The first kappa shape index (κ1) is 13.9. The first-order chi connectivity index (χ1) is 9.08.